The number of esters is 1. The van der Waals surface area contributed by atoms with Crippen molar-refractivity contribution in [3.8, 4) is 0 Å². The number of aliphatic imine (C=N–C) groups is 1. The van der Waals surface area contributed by atoms with Crippen LogP contribution in [0.15, 0.2) is 29.4 Å². The first-order valence-corrected chi connectivity index (χ1v) is 9.77. The Morgan fingerprint density at radius 1 is 1.43 bits per heavy atom. The second kappa shape index (κ2) is 10.3. The summed E-state index contributed by atoms with van der Waals surface area (Å²) >= 11 is 6.13. The Morgan fingerprint density at radius 3 is 2.93 bits per heavy atom. The number of halogens is 2. The summed E-state index contributed by atoms with van der Waals surface area (Å²) in [6.07, 6.45) is 2.84. The lowest BCUT2D eigenvalue weighted by molar-refractivity contribution is -0.145. The Kier molecular flexibility index (Phi) is 8.42. The van der Waals surface area contributed by atoms with Crippen LogP contribution < -0.4 is 5.32 Å². The van der Waals surface area contributed by atoms with E-state index >= 15 is 0 Å². The molecule has 0 bridgehead atoms. The van der Waals surface area contributed by atoms with E-state index < -0.39 is 0 Å². The molecule has 8 heteroatoms. The Bertz CT molecular complexity index is 839. The molecule has 0 aliphatic carbocycles. The summed E-state index contributed by atoms with van der Waals surface area (Å²) < 4.78 is 4.93. The predicted octanol–water partition coefficient (Wildman–Crippen LogP) is 3.69. The number of hydrogen-bond acceptors (Lipinski definition) is 3. The number of rotatable bonds is 5. The second-order valence-corrected chi connectivity index (χ2v) is 7.44. The number of nitrogens with zero attached hydrogens (tertiary/aromatic N) is 2. The lowest BCUT2D eigenvalue weighted by atomic mass is 9.99. The molecule has 2 unspecified atom stereocenters. The minimum absolute atomic E-state index is 0. The minimum Gasteiger partial charge on any atom is -0.469 e. The number of methoxy groups -OCH3 is 1. The van der Waals surface area contributed by atoms with E-state index in [0.717, 1.165) is 41.4 Å². The Labute approximate surface area is 188 Å². The topological polar surface area (TPSA) is 69.7 Å². The highest BCUT2D eigenvalue weighted by Crippen LogP contribution is 2.25. The highest BCUT2D eigenvalue weighted by atomic mass is 127. The number of guanidine groups is 1. The van der Waals surface area contributed by atoms with Gasteiger partial charge in [-0.2, -0.15) is 0 Å². The van der Waals surface area contributed by atoms with Crippen molar-refractivity contribution in [3.05, 3.63) is 35.0 Å². The van der Waals surface area contributed by atoms with Crippen LogP contribution in [0.3, 0.4) is 0 Å². The number of H-pyrrole nitrogens is 1. The zero-order valence-corrected chi connectivity index (χ0v) is 19.6. The van der Waals surface area contributed by atoms with Gasteiger partial charge in [0.25, 0.3) is 0 Å². The van der Waals surface area contributed by atoms with Gasteiger partial charge in [-0.15, -0.1) is 24.0 Å². The molecule has 1 aromatic carbocycles. The maximum absolute atomic E-state index is 11.9. The van der Waals surface area contributed by atoms with E-state index in [1.54, 1.807) is 0 Å². The minimum atomic E-state index is -0.142. The number of ether oxygens (including phenoxy) is 1. The number of fused-ring (bicyclic) bond motifs is 1. The maximum Gasteiger partial charge on any atom is 0.310 e. The summed E-state index contributed by atoms with van der Waals surface area (Å²) in [6.45, 7) is 7.02. The molecular formula is C20H28ClIN4O2. The molecule has 0 amide bonds. The molecule has 2 atom stereocenters. The highest BCUT2D eigenvalue weighted by Gasteiger charge is 2.36. The molecular weight excluding hydrogens is 491 g/mol. The van der Waals surface area contributed by atoms with Gasteiger partial charge in [-0.1, -0.05) is 18.5 Å². The molecule has 6 nitrogen and oxygen atoms in total. The third kappa shape index (κ3) is 5.11. The fourth-order valence-corrected chi connectivity index (χ4v) is 3.84. The van der Waals surface area contributed by atoms with Gasteiger partial charge < -0.3 is 19.9 Å². The van der Waals surface area contributed by atoms with Crippen LogP contribution in [0.4, 0.5) is 0 Å². The number of likely N-dealkylation sites (tertiary alicyclic amines) is 1. The first kappa shape index (κ1) is 22.8. The van der Waals surface area contributed by atoms with Crippen molar-refractivity contribution in [2.24, 2.45) is 16.8 Å². The van der Waals surface area contributed by atoms with E-state index in [1.807, 2.05) is 24.4 Å². The molecule has 1 aromatic heterocycles. The van der Waals surface area contributed by atoms with Crippen LogP contribution in [-0.4, -0.2) is 55.1 Å². The maximum atomic E-state index is 11.9. The molecule has 2 N–H and O–H groups in total. The van der Waals surface area contributed by atoms with E-state index in [4.69, 9.17) is 21.3 Å². The van der Waals surface area contributed by atoms with Crippen LogP contribution in [0.25, 0.3) is 10.9 Å². The summed E-state index contributed by atoms with van der Waals surface area (Å²) in [5.41, 5.74) is 2.29. The van der Waals surface area contributed by atoms with E-state index in [2.05, 4.69) is 29.0 Å². The van der Waals surface area contributed by atoms with Crippen LogP contribution in [0.5, 0.6) is 0 Å². The first-order chi connectivity index (χ1) is 13.0. The van der Waals surface area contributed by atoms with E-state index in [1.165, 1.54) is 12.7 Å². The number of aromatic amines is 1. The van der Waals surface area contributed by atoms with Crippen LogP contribution in [0.1, 0.15) is 19.4 Å². The summed E-state index contributed by atoms with van der Waals surface area (Å²) in [4.78, 5) is 22.2. The molecule has 0 radical (unpaired) electrons. The normalized spacial score (nSPS) is 19.6. The van der Waals surface area contributed by atoms with Crippen molar-refractivity contribution < 1.29 is 9.53 Å². The van der Waals surface area contributed by atoms with Crippen molar-refractivity contribution in [1.82, 2.24) is 15.2 Å². The SMILES string of the molecule is CCNC(=NCCc1c[nH]c2ccc(Cl)cc12)N1CC(C)C(C(=O)OC)C1.I. The van der Waals surface area contributed by atoms with Gasteiger partial charge in [0.1, 0.15) is 0 Å². The summed E-state index contributed by atoms with van der Waals surface area (Å²) in [5, 5.41) is 5.22. The van der Waals surface area contributed by atoms with Gasteiger partial charge in [0, 0.05) is 48.3 Å². The second-order valence-electron chi connectivity index (χ2n) is 7.00. The van der Waals surface area contributed by atoms with Crippen molar-refractivity contribution in [2.45, 2.75) is 20.3 Å². The quantitative estimate of drug-likeness (QED) is 0.274. The lowest BCUT2D eigenvalue weighted by Crippen LogP contribution is -2.40. The number of nitrogens with one attached hydrogen (secondary N) is 2. The molecule has 1 saturated heterocycles. The standard InChI is InChI=1S/C20H27ClN4O2.HI/c1-4-22-20(25-11-13(2)17(12-25)19(26)27-3)23-8-7-14-10-24-18-6-5-15(21)9-16(14)18;/h5-6,9-10,13,17,24H,4,7-8,11-12H2,1-3H3,(H,22,23);1H. The first-order valence-electron chi connectivity index (χ1n) is 9.40. The zero-order chi connectivity index (χ0) is 19.4. The van der Waals surface area contributed by atoms with E-state index in [9.17, 15) is 4.79 Å². The molecule has 2 heterocycles. The number of aromatic nitrogens is 1. The third-order valence-corrected chi connectivity index (χ3v) is 5.36. The molecule has 1 aliphatic heterocycles. The number of carbonyl (C=O) groups excluding carboxylic acids is 1. The summed E-state index contributed by atoms with van der Waals surface area (Å²) in [6, 6.07) is 5.87. The van der Waals surface area contributed by atoms with E-state index in [-0.39, 0.29) is 41.8 Å². The highest BCUT2D eigenvalue weighted by molar-refractivity contribution is 14.0. The molecule has 154 valence electrons. The smallest absolute Gasteiger partial charge is 0.310 e. The predicted molar refractivity (Wildman–Crippen MR) is 125 cm³/mol. The Morgan fingerprint density at radius 2 is 2.21 bits per heavy atom. The average Bonchev–Trinajstić information content (AvgIpc) is 3.24. The number of carbonyl (C=O) groups is 1. The number of hydrogen-bond donors (Lipinski definition) is 2. The van der Waals surface area contributed by atoms with Crippen molar-refractivity contribution >= 4 is 58.4 Å². The third-order valence-electron chi connectivity index (χ3n) is 5.12. The summed E-state index contributed by atoms with van der Waals surface area (Å²) in [5.74, 6) is 0.858. The molecule has 1 fully saturated rings. The van der Waals surface area contributed by atoms with Gasteiger partial charge in [-0.05, 0) is 43.0 Å². The lowest BCUT2D eigenvalue weighted by Gasteiger charge is -2.21. The van der Waals surface area contributed by atoms with Gasteiger partial charge >= 0.3 is 5.97 Å². The number of benzene rings is 1. The van der Waals surface area contributed by atoms with Gasteiger partial charge in [-0.25, -0.2) is 0 Å². The average molecular weight is 519 g/mol. The van der Waals surface area contributed by atoms with Crippen molar-refractivity contribution in [3.63, 3.8) is 0 Å². The Hall–Kier alpha value is -1.48. The van der Waals surface area contributed by atoms with Crippen LogP contribution in [0.2, 0.25) is 5.02 Å². The van der Waals surface area contributed by atoms with Crippen molar-refractivity contribution in [1.29, 1.82) is 0 Å². The molecule has 28 heavy (non-hydrogen) atoms. The van der Waals surface area contributed by atoms with Crippen LogP contribution >= 0.6 is 35.6 Å². The largest absolute Gasteiger partial charge is 0.469 e. The molecule has 0 saturated carbocycles. The van der Waals surface area contributed by atoms with Crippen LogP contribution in [0, 0.1) is 11.8 Å². The van der Waals surface area contributed by atoms with Gasteiger partial charge in [0.05, 0.1) is 13.0 Å². The van der Waals surface area contributed by atoms with Crippen LogP contribution in [-0.2, 0) is 16.0 Å². The van der Waals surface area contributed by atoms with Gasteiger partial charge in [0.15, 0.2) is 5.96 Å². The Balaban J connectivity index is 0.00000280. The molecule has 3 rings (SSSR count). The zero-order valence-electron chi connectivity index (χ0n) is 16.5. The monoisotopic (exact) mass is 518 g/mol. The fraction of sp³-hybridized carbons (Fsp3) is 0.500. The fourth-order valence-electron chi connectivity index (χ4n) is 3.66. The van der Waals surface area contributed by atoms with Gasteiger partial charge in [0.2, 0.25) is 0 Å². The summed E-state index contributed by atoms with van der Waals surface area (Å²) in [7, 11) is 1.45. The molecule has 2 aromatic rings. The molecule has 1 aliphatic rings. The van der Waals surface area contributed by atoms with Gasteiger partial charge in [-0.3, -0.25) is 9.79 Å². The van der Waals surface area contributed by atoms with E-state index in [0.29, 0.717) is 13.1 Å². The van der Waals surface area contributed by atoms with Crippen molar-refractivity contribution in [2.75, 3.05) is 33.3 Å². The molecule has 0 spiro atoms.